The summed E-state index contributed by atoms with van der Waals surface area (Å²) in [5, 5.41) is 3.13. The second-order valence-corrected chi connectivity index (χ2v) is 6.94. The van der Waals surface area contributed by atoms with Gasteiger partial charge in [0.25, 0.3) is 11.8 Å². The van der Waals surface area contributed by atoms with Crippen LogP contribution < -0.4 is 5.32 Å². The highest BCUT2D eigenvalue weighted by atomic mass is 79.9. The molecule has 3 aromatic rings. The number of benzene rings is 2. The number of furan rings is 1. The number of nitrogens with zero attached hydrogens (tertiary/aromatic N) is 1. The number of hydrogen-bond acceptors (Lipinski definition) is 4. The molecule has 1 aliphatic rings. The molecule has 5 nitrogen and oxygen atoms in total. The van der Waals surface area contributed by atoms with Gasteiger partial charge in [0.05, 0.1) is 18.4 Å². The first-order valence-electron chi connectivity index (χ1n) is 8.34. The highest BCUT2D eigenvalue weighted by molar-refractivity contribution is 9.10. The Bertz CT molecular complexity index is 1030. The number of halogens is 1. The van der Waals surface area contributed by atoms with Crippen molar-refractivity contribution in [1.82, 2.24) is 4.90 Å². The maximum absolute atomic E-state index is 13.1. The fraction of sp³-hybridized carbons (Fsp3) is 0.0476. The molecule has 0 atom stereocenters. The third-order valence-electron chi connectivity index (χ3n) is 4.22. The molecular formula is C21H15BrN2O3. The van der Waals surface area contributed by atoms with E-state index in [4.69, 9.17) is 4.42 Å². The molecule has 134 valence electrons. The molecule has 0 unspecified atom stereocenters. The third kappa shape index (κ3) is 3.44. The first-order valence-corrected chi connectivity index (χ1v) is 9.13. The molecule has 4 rings (SSSR count). The standard InChI is InChI=1S/C21H15BrN2O3/c22-15-8-4-9-16(12-15)23-19-18(14-6-2-1-3-7-14)20(25)24(21(19)26)13-17-10-5-11-27-17/h1-12,23H,13H2. The van der Waals surface area contributed by atoms with Gasteiger partial charge in [0.2, 0.25) is 0 Å². The van der Waals surface area contributed by atoms with Crippen LogP contribution in [-0.4, -0.2) is 16.7 Å². The van der Waals surface area contributed by atoms with Crippen LogP contribution in [-0.2, 0) is 16.1 Å². The minimum Gasteiger partial charge on any atom is -0.467 e. The van der Waals surface area contributed by atoms with E-state index >= 15 is 0 Å². The van der Waals surface area contributed by atoms with Gasteiger partial charge < -0.3 is 9.73 Å². The molecule has 0 spiro atoms. The molecule has 2 aromatic carbocycles. The van der Waals surface area contributed by atoms with E-state index in [1.807, 2.05) is 54.6 Å². The Kier molecular flexibility index (Phi) is 4.64. The molecule has 0 bridgehead atoms. The van der Waals surface area contributed by atoms with Crippen LogP contribution in [0.15, 0.2) is 87.6 Å². The normalized spacial score (nSPS) is 14.2. The van der Waals surface area contributed by atoms with Crippen molar-refractivity contribution in [2.24, 2.45) is 0 Å². The summed E-state index contributed by atoms with van der Waals surface area (Å²) >= 11 is 3.42. The summed E-state index contributed by atoms with van der Waals surface area (Å²) in [6.07, 6.45) is 1.52. The van der Waals surface area contributed by atoms with Crippen molar-refractivity contribution in [2.75, 3.05) is 5.32 Å². The van der Waals surface area contributed by atoms with Gasteiger partial charge in [-0.25, -0.2) is 0 Å². The largest absolute Gasteiger partial charge is 0.467 e. The van der Waals surface area contributed by atoms with Crippen molar-refractivity contribution < 1.29 is 14.0 Å². The van der Waals surface area contributed by atoms with Crippen molar-refractivity contribution in [3.05, 3.63) is 94.5 Å². The summed E-state index contributed by atoms with van der Waals surface area (Å²) in [6.45, 7) is 0.0880. The van der Waals surface area contributed by atoms with Gasteiger partial charge in [-0.1, -0.05) is 52.3 Å². The minimum atomic E-state index is -0.379. The Labute approximate surface area is 164 Å². The SMILES string of the molecule is O=C1C(Nc2cccc(Br)c2)=C(c2ccccc2)C(=O)N1Cc1ccco1. The number of carbonyl (C=O) groups is 2. The van der Waals surface area contributed by atoms with Crippen molar-refractivity contribution in [3.8, 4) is 0 Å². The van der Waals surface area contributed by atoms with Crippen LogP contribution in [0.2, 0.25) is 0 Å². The van der Waals surface area contributed by atoms with Crippen LogP contribution in [0.3, 0.4) is 0 Å². The van der Waals surface area contributed by atoms with E-state index in [0.717, 1.165) is 4.47 Å². The van der Waals surface area contributed by atoms with E-state index in [9.17, 15) is 9.59 Å². The molecule has 1 aromatic heterocycles. The summed E-state index contributed by atoms with van der Waals surface area (Å²) in [4.78, 5) is 27.3. The molecular weight excluding hydrogens is 408 g/mol. The molecule has 6 heteroatoms. The van der Waals surface area contributed by atoms with E-state index in [1.54, 1.807) is 12.1 Å². The lowest BCUT2D eigenvalue weighted by Gasteiger charge is -2.13. The first-order chi connectivity index (χ1) is 13.1. The number of nitrogens with one attached hydrogen (secondary N) is 1. The topological polar surface area (TPSA) is 62.6 Å². The number of anilines is 1. The maximum Gasteiger partial charge on any atom is 0.278 e. The number of amides is 2. The molecule has 0 saturated carbocycles. The predicted octanol–water partition coefficient (Wildman–Crippen LogP) is 4.43. The minimum absolute atomic E-state index is 0.0880. The number of hydrogen-bond donors (Lipinski definition) is 1. The zero-order valence-corrected chi connectivity index (χ0v) is 15.8. The van der Waals surface area contributed by atoms with Crippen LogP contribution >= 0.6 is 15.9 Å². The van der Waals surface area contributed by atoms with Crippen LogP contribution in [0.5, 0.6) is 0 Å². The highest BCUT2D eigenvalue weighted by Gasteiger charge is 2.39. The summed E-state index contributed by atoms with van der Waals surface area (Å²) in [7, 11) is 0. The molecule has 0 fully saturated rings. The molecule has 2 heterocycles. The van der Waals surface area contributed by atoms with Gasteiger partial charge in [-0.3, -0.25) is 14.5 Å². The fourth-order valence-corrected chi connectivity index (χ4v) is 3.38. The van der Waals surface area contributed by atoms with E-state index in [2.05, 4.69) is 21.2 Å². The predicted molar refractivity (Wildman–Crippen MR) is 105 cm³/mol. The lowest BCUT2D eigenvalue weighted by Crippen LogP contribution is -2.31. The van der Waals surface area contributed by atoms with Crippen molar-refractivity contribution >= 4 is 39.0 Å². The van der Waals surface area contributed by atoms with Crippen LogP contribution in [0, 0.1) is 0 Å². The van der Waals surface area contributed by atoms with E-state index in [-0.39, 0.29) is 24.1 Å². The van der Waals surface area contributed by atoms with Gasteiger partial charge in [0, 0.05) is 10.2 Å². The monoisotopic (exact) mass is 422 g/mol. The van der Waals surface area contributed by atoms with Gasteiger partial charge >= 0.3 is 0 Å². The third-order valence-corrected chi connectivity index (χ3v) is 4.71. The van der Waals surface area contributed by atoms with E-state index < -0.39 is 0 Å². The van der Waals surface area contributed by atoms with Gasteiger partial charge in [-0.15, -0.1) is 0 Å². The zero-order valence-electron chi connectivity index (χ0n) is 14.2. The molecule has 27 heavy (non-hydrogen) atoms. The van der Waals surface area contributed by atoms with E-state index in [0.29, 0.717) is 22.6 Å². The smallest absolute Gasteiger partial charge is 0.278 e. The lowest BCUT2D eigenvalue weighted by atomic mass is 10.0. The van der Waals surface area contributed by atoms with Crippen LogP contribution in [0.25, 0.3) is 5.57 Å². The molecule has 0 aliphatic carbocycles. The van der Waals surface area contributed by atoms with Crippen molar-refractivity contribution in [1.29, 1.82) is 0 Å². The number of rotatable bonds is 5. The quantitative estimate of drug-likeness (QED) is 0.617. The van der Waals surface area contributed by atoms with Crippen LogP contribution in [0.1, 0.15) is 11.3 Å². The van der Waals surface area contributed by atoms with Crippen LogP contribution in [0.4, 0.5) is 5.69 Å². The molecule has 0 radical (unpaired) electrons. The maximum atomic E-state index is 13.1. The summed E-state index contributed by atoms with van der Waals surface area (Å²) in [5.41, 5.74) is 2.02. The fourth-order valence-electron chi connectivity index (χ4n) is 2.98. The molecule has 1 N–H and O–H groups in total. The van der Waals surface area contributed by atoms with E-state index in [1.165, 1.54) is 11.2 Å². The molecule has 2 amide bonds. The van der Waals surface area contributed by atoms with Crippen molar-refractivity contribution in [3.63, 3.8) is 0 Å². The number of imide groups is 1. The average Bonchev–Trinajstić information content (AvgIpc) is 3.26. The zero-order chi connectivity index (χ0) is 18.8. The Hall–Kier alpha value is -3.12. The van der Waals surface area contributed by atoms with Gasteiger partial charge in [0.1, 0.15) is 11.5 Å². The van der Waals surface area contributed by atoms with Gasteiger partial charge in [0.15, 0.2) is 0 Å². The Morgan fingerprint density at radius 3 is 2.44 bits per heavy atom. The second kappa shape index (κ2) is 7.25. The first kappa shape index (κ1) is 17.3. The summed E-state index contributed by atoms with van der Waals surface area (Å²) in [6, 6.07) is 20.1. The lowest BCUT2D eigenvalue weighted by molar-refractivity contribution is -0.137. The Morgan fingerprint density at radius 1 is 0.926 bits per heavy atom. The Balaban J connectivity index is 1.75. The van der Waals surface area contributed by atoms with Crippen molar-refractivity contribution in [2.45, 2.75) is 6.54 Å². The summed E-state index contributed by atoms with van der Waals surface area (Å²) in [5.74, 6) is -0.178. The summed E-state index contributed by atoms with van der Waals surface area (Å²) < 4.78 is 6.18. The van der Waals surface area contributed by atoms with Gasteiger partial charge in [-0.2, -0.15) is 0 Å². The van der Waals surface area contributed by atoms with Gasteiger partial charge in [-0.05, 0) is 35.9 Å². The average molecular weight is 423 g/mol. The highest BCUT2D eigenvalue weighted by Crippen LogP contribution is 2.31. The number of carbonyl (C=O) groups excluding carboxylic acids is 2. The second-order valence-electron chi connectivity index (χ2n) is 6.03. The Morgan fingerprint density at radius 2 is 1.74 bits per heavy atom. The molecule has 0 saturated heterocycles. The molecule has 1 aliphatic heterocycles.